The molecule has 110 valence electrons. The van der Waals surface area contributed by atoms with Crippen LogP contribution in [-0.4, -0.2) is 36.3 Å². The number of hydrogen-bond donors (Lipinski definition) is 3. The molecule has 1 rings (SSSR count). The van der Waals surface area contributed by atoms with Crippen molar-refractivity contribution in [1.82, 2.24) is 5.32 Å². The van der Waals surface area contributed by atoms with Crippen molar-refractivity contribution in [3.05, 3.63) is 23.8 Å². The fraction of sp³-hybridized carbons (Fsp3) is 0.273. The van der Waals surface area contributed by atoms with Crippen LogP contribution in [0.25, 0.3) is 0 Å². The fourth-order valence-corrected chi connectivity index (χ4v) is 1.23. The molecular formula is C11H11F3N2O4. The number of anilines is 1. The minimum Gasteiger partial charge on any atom is -0.483 e. The Labute approximate surface area is 111 Å². The number of benzene rings is 1. The van der Waals surface area contributed by atoms with E-state index >= 15 is 0 Å². The lowest BCUT2D eigenvalue weighted by atomic mass is 10.2. The van der Waals surface area contributed by atoms with Gasteiger partial charge in [0.1, 0.15) is 17.9 Å². The normalized spacial score (nSPS) is 10.9. The number of rotatable bonds is 5. The van der Waals surface area contributed by atoms with Crippen molar-refractivity contribution in [2.75, 3.05) is 18.9 Å². The van der Waals surface area contributed by atoms with Crippen LogP contribution in [0.15, 0.2) is 18.2 Å². The van der Waals surface area contributed by atoms with Crippen molar-refractivity contribution in [2.45, 2.75) is 6.18 Å². The second-order valence-electron chi connectivity index (χ2n) is 3.74. The highest BCUT2D eigenvalue weighted by Gasteiger charge is 2.27. The van der Waals surface area contributed by atoms with Crippen LogP contribution in [0.2, 0.25) is 0 Å². The van der Waals surface area contributed by atoms with Gasteiger partial charge in [-0.2, -0.15) is 13.2 Å². The Balaban J connectivity index is 2.63. The third kappa shape index (κ3) is 5.04. The number of carboxylic acid groups (broad SMARTS) is 1. The molecule has 0 bridgehead atoms. The molecule has 6 nitrogen and oxygen atoms in total. The Morgan fingerprint density at radius 1 is 1.35 bits per heavy atom. The van der Waals surface area contributed by atoms with Gasteiger partial charge in [-0.05, 0) is 12.1 Å². The molecule has 0 fully saturated rings. The van der Waals surface area contributed by atoms with Crippen molar-refractivity contribution in [3.8, 4) is 5.75 Å². The summed E-state index contributed by atoms with van der Waals surface area (Å²) >= 11 is 0. The summed E-state index contributed by atoms with van der Waals surface area (Å²) in [6.07, 6.45) is -4.53. The Morgan fingerprint density at radius 3 is 2.55 bits per heavy atom. The number of halogens is 3. The van der Waals surface area contributed by atoms with Gasteiger partial charge < -0.3 is 20.9 Å². The summed E-state index contributed by atoms with van der Waals surface area (Å²) in [5.74, 6) is -2.53. The van der Waals surface area contributed by atoms with Crippen LogP contribution in [0.4, 0.5) is 18.9 Å². The van der Waals surface area contributed by atoms with E-state index in [4.69, 9.17) is 15.6 Å². The van der Waals surface area contributed by atoms with Gasteiger partial charge in [-0.15, -0.1) is 0 Å². The summed E-state index contributed by atoms with van der Waals surface area (Å²) in [5, 5.41) is 10.5. The number of aromatic carboxylic acids is 1. The SMILES string of the molecule is Nc1ccc(C(=O)O)c(OCC(=O)NCC(F)(F)F)c1. The van der Waals surface area contributed by atoms with Crippen LogP contribution < -0.4 is 15.8 Å². The standard InChI is InChI=1S/C11H11F3N2O4/c12-11(13,14)5-16-9(17)4-20-8-3-6(15)1-2-7(8)10(18)19/h1-3H,4-5,15H2,(H,16,17)(H,18,19). The molecule has 0 aliphatic heterocycles. The molecule has 0 aliphatic carbocycles. The van der Waals surface area contributed by atoms with Crippen molar-refractivity contribution in [3.63, 3.8) is 0 Å². The molecule has 1 amide bonds. The molecule has 0 saturated carbocycles. The monoisotopic (exact) mass is 292 g/mol. The van der Waals surface area contributed by atoms with Crippen LogP contribution >= 0.6 is 0 Å². The van der Waals surface area contributed by atoms with Gasteiger partial charge >= 0.3 is 12.1 Å². The van der Waals surface area contributed by atoms with Gasteiger partial charge in [-0.25, -0.2) is 4.79 Å². The highest BCUT2D eigenvalue weighted by atomic mass is 19.4. The minimum absolute atomic E-state index is 0.195. The Morgan fingerprint density at radius 2 is 2.00 bits per heavy atom. The van der Waals surface area contributed by atoms with Gasteiger partial charge in [-0.1, -0.05) is 0 Å². The van der Waals surface area contributed by atoms with E-state index < -0.39 is 31.2 Å². The first-order valence-corrected chi connectivity index (χ1v) is 5.28. The number of nitrogens with two attached hydrogens (primary N) is 1. The number of hydrogen-bond acceptors (Lipinski definition) is 4. The molecule has 1 aromatic rings. The van der Waals surface area contributed by atoms with Crippen LogP contribution in [-0.2, 0) is 4.79 Å². The first-order chi connectivity index (χ1) is 9.19. The first-order valence-electron chi connectivity index (χ1n) is 5.28. The fourth-order valence-electron chi connectivity index (χ4n) is 1.23. The molecule has 0 atom stereocenters. The molecule has 0 radical (unpaired) electrons. The number of carboxylic acids is 1. The van der Waals surface area contributed by atoms with Crippen LogP contribution in [0, 0.1) is 0 Å². The summed E-state index contributed by atoms with van der Waals surface area (Å²) in [7, 11) is 0. The zero-order valence-electron chi connectivity index (χ0n) is 10.0. The van der Waals surface area contributed by atoms with Crippen molar-refractivity contribution in [1.29, 1.82) is 0 Å². The quantitative estimate of drug-likeness (QED) is 0.703. The van der Waals surface area contributed by atoms with Gasteiger partial charge in [0.2, 0.25) is 0 Å². The highest BCUT2D eigenvalue weighted by Crippen LogP contribution is 2.21. The maximum atomic E-state index is 11.9. The Kier molecular flexibility index (Phi) is 4.78. The second-order valence-corrected chi connectivity index (χ2v) is 3.74. The summed E-state index contributed by atoms with van der Waals surface area (Å²) in [6, 6.07) is 3.65. The van der Waals surface area contributed by atoms with E-state index in [1.54, 1.807) is 5.32 Å². The molecule has 0 spiro atoms. The van der Waals surface area contributed by atoms with Crippen molar-refractivity contribution < 1.29 is 32.6 Å². The van der Waals surface area contributed by atoms with E-state index in [0.717, 1.165) is 0 Å². The number of nitrogens with one attached hydrogen (secondary N) is 1. The predicted molar refractivity (Wildman–Crippen MR) is 62.4 cm³/mol. The van der Waals surface area contributed by atoms with Gasteiger partial charge in [0.05, 0.1) is 0 Å². The first kappa shape index (κ1) is 15.6. The molecule has 20 heavy (non-hydrogen) atoms. The van der Waals surface area contributed by atoms with E-state index in [2.05, 4.69) is 0 Å². The maximum Gasteiger partial charge on any atom is 0.405 e. The zero-order valence-corrected chi connectivity index (χ0v) is 10.0. The highest BCUT2D eigenvalue weighted by molar-refractivity contribution is 5.91. The lowest BCUT2D eigenvalue weighted by Gasteiger charge is -2.11. The van der Waals surface area contributed by atoms with Gasteiger partial charge in [0, 0.05) is 11.8 Å². The van der Waals surface area contributed by atoms with Crippen LogP contribution in [0.3, 0.4) is 0 Å². The van der Waals surface area contributed by atoms with Crippen molar-refractivity contribution in [2.24, 2.45) is 0 Å². The van der Waals surface area contributed by atoms with Gasteiger partial charge in [-0.3, -0.25) is 4.79 Å². The van der Waals surface area contributed by atoms with E-state index in [9.17, 15) is 22.8 Å². The third-order valence-electron chi connectivity index (χ3n) is 2.08. The number of amides is 1. The van der Waals surface area contributed by atoms with Gasteiger partial charge in [0.15, 0.2) is 6.61 Å². The lowest BCUT2D eigenvalue weighted by molar-refractivity contribution is -0.139. The third-order valence-corrected chi connectivity index (χ3v) is 2.08. The van der Waals surface area contributed by atoms with Gasteiger partial charge in [0.25, 0.3) is 5.91 Å². The number of carbonyl (C=O) groups excluding carboxylic acids is 1. The summed E-state index contributed by atoms with van der Waals surface area (Å²) in [4.78, 5) is 22.0. The van der Waals surface area contributed by atoms with E-state index in [0.29, 0.717) is 0 Å². The number of carbonyl (C=O) groups is 2. The smallest absolute Gasteiger partial charge is 0.405 e. The molecule has 0 aliphatic rings. The molecule has 9 heteroatoms. The number of alkyl halides is 3. The Bertz CT molecular complexity index is 517. The molecule has 0 saturated heterocycles. The van der Waals surface area contributed by atoms with E-state index in [1.165, 1.54) is 18.2 Å². The molecule has 0 aromatic heterocycles. The minimum atomic E-state index is -4.53. The molecular weight excluding hydrogens is 281 g/mol. The predicted octanol–water partition coefficient (Wildman–Crippen LogP) is 1.02. The largest absolute Gasteiger partial charge is 0.483 e. The number of nitrogen functional groups attached to an aromatic ring is 1. The topological polar surface area (TPSA) is 102 Å². The number of ether oxygens (including phenoxy) is 1. The second kappa shape index (κ2) is 6.13. The molecule has 0 unspecified atom stereocenters. The average Bonchev–Trinajstić information content (AvgIpc) is 2.32. The zero-order chi connectivity index (χ0) is 15.3. The van der Waals surface area contributed by atoms with Crippen LogP contribution in [0.5, 0.6) is 5.75 Å². The van der Waals surface area contributed by atoms with E-state index in [-0.39, 0.29) is 17.0 Å². The average molecular weight is 292 g/mol. The lowest BCUT2D eigenvalue weighted by Crippen LogP contribution is -2.36. The summed E-state index contributed by atoms with van der Waals surface area (Å²) in [5.41, 5.74) is 5.38. The van der Waals surface area contributed by atoms with E-state index in [1.807, 2.05) is 0 Å². The summed E-state index contributed by atoms with van der Waals surface area (Å²) in [6.45, 7) is -2.24. The summed E-state index contributed by atoms with van der Waals surface area (Å²) < 4.78 is 40.4. The van der Waals surface area contributed by atoms with Crippen molar-refractivity contribution >= 4 is 17.6 Å². The molecule has 4 N–H and O–H groups in total. The van der Waals surface area contributed by atoms with Crippen LogP contribution in [0.1, 0.15) is 10.4 Å². The Hall–Kier alpha value is -2.45. The molecule has 1 aromatic carbocycles. The maximum absolute atomic E-state index is 11.9. The molecule has 0 heterocycles.